The summed E-state index contributed by atoms with van der Waals surface area (Å²) in [4.78, 5) is 0. The SMILES string of the molecule is CCCCCCCCCCCCCCCO[Si]CCCCC. The van der Waals surface area contributed by atoms with E-state index in [-0.39, 0.29) is 0 Å². The molecular weight excluding hydrogens is 284 g/mol. The average Bonchev–Trinajstić information content (AvgIpc) is 2.54. The lowest BCUT2D eigenvalue weighted by molar-refractivity contribution is 0.319. The largest absolute Gasteiger partial charge is 0.417 e. The van der Waals surface area contributed by atoms with Crippen LogP contribution in [0.1, 0.15) is 117 Å². The van der Waals surface area contributed by atoms with Crippen molar-refractivity contribution in [3.8, 4) is 0 Å². The Morgan fingerprint density at radius 1 is 0.500 bits per heavy atom. The van der Waals surface area contributed by atoms with Crippen LogP contribution in [0.4, 0.5) is 0 Å². The topological polar surface area (TPSA) is 9.23 Å². The van der Waals surface area contributed by atoms with Gasteiger partial charge in [0.2, 0.25) is 9.76 Å². The van der Waals surface area contributed by atoms with E-state index >= 15 is 0 Å². The molecule has 0 saturated carbocycles. The van der Waals surface area contributed by atoms with Crippen LogP contribution < -0.4 is 0 Å². The van der Waals surface area contributed by atoms with Crippen molar-refractivity contribution in [3.63, 3.8) is 0 Å². The van der Waals surface area contributed by atoms with Crippen molar-refractivity contribution < 1.29 is 4.43 Å². The van der Waals surface area contributed by atoms with E-state index in [0.717, 1.165) is 16.4 Å². The van der Waals surface area contributed by atoms with E-state index in [1.165, 1.54) is 109 Å². The predicted molar refractivity (Wildman–Crippen MR) is 102 cm³/mol. The Morgan fingerprint density at radius 3 is 1.41 bits per heavy atom. The molecule has 0 fully saturated rings. The van der Waals surface area contributed by atoms with Crippen LogP contribution in [0.25, 0.3) is 0 Å². The van der Waals surface area contributed by atoms with Gasteiger partial charge in [-0.05, 0) is 12.5 Å². The van der Waals surface area contributed by atoms with E-state index in [0.29, 0.717) is 0 Å². The minimum absolute atomic E-state index is 0.753. The van der Waals surface area contributed by atoms with E-state index < -0.39 is 0 Å². The predicted octanol–water partition coefficient (Wildman–Crippen LogP) is 7.32. The van der Waals surface area contributed by atoms with Gasteiger partial charge >= 0.3 is 0 Å². The maximum absolute atomic E-state index is 5.71. The highest BCUT2D eigenvalue weighted by molar-refractivity contribution is 6.26. The first-order valence-electron chi connectivity index (χ1n) is 10.3. The summed E-state index contributed by atoms with van der Waals surface area (Å²) < 4.78 is 5.71. The number of rotatable bonds is 19. The lowest BCUT2D eigenvalue weighted by Gasteiger charge is -2.04. The molecular formula is C20H42OSi. The second-order valence-corrected chi connectivity index (χ2v) is 7.77. The highest BCUT2D eigenvalue weighted by Gasteiger charge is 1.95. The normalized spacial score (nSPS) is 11.2. The first-order chi connectivity index (χ1) is 10.9. The van der Waals surface area contributed by atoms with E-state index in [1.54, 1.807) is 0 Å². The molecule has 0 aromatic heterocycles. The van der Waals surface area contributed by atoms with Gasteiger partial charge in [-0.1, -0.05) is 110 Å². The van der Waals surface area contributed by atoms with Crippen molar-refractivity contribution in [2.24, 2.45) is 0 Å². The highest BCUT2D eigenvalue weighted by Crippen LogP contribution is 2.12. The second-order valence-electron chi connectivity index (χ2n) is 6.69. The van der Waals surface area contributed by atoms with E-state index in [4.69, 9.17) is 4.43 Å². The molecule has 22 heavy (non-hydrogen) atoms. The molecule has 132 valence electrons. The van der Waals surface area contributed by atoms with Crippen LogP contribution >= 0.6 is 0 Å². The number of hydrogen-bond donors (Lipinski definition) is 0. The van der Waals surface area contributed by atoms with E-state index in [2.05, 4.69) is 13.8 Å². The zero-order valence-electron chi connectivity index (χ0n) is 15.6. The van der Waals surface area contributed by atoms with Crippen LogP contribution in [-0.4, -0.2) is 16.4 Å². The monoisotopic (exact) mass is 326 g/mol. The molecule has 0 spiro atoms. The molecule has 0 bridgehead atoms. The quantitative estimate of drug-likeness (QED) is 0.178. The molecule has 0 aliphatic heterocycles. The van der Waals surface area contributed by atoms with Crippen molar-refractivity contribution in [2.45, 2.75) is 123 Å². The van der Waals surface area contributed by atoms with Crippen molar-refractivity contribution >= 4 is 9.76 Å². The molecule has 0 heterocycles. The molecule has 2 heteroatoms. The van der Waals surface area contributed by atoms with Crippen molar-refractivity contribution in [3.05, 3.63) is 0 Å². The number of unbranched alkanes of at least 4 members (excludes halogenated alkanes) is 14. The first-order valence-corrected chi connectivity index (χ1v) is 11.4. The maximum Gasteiger partial charge on any atom is 0.229 e. The first kappa shape index (κ1) is 22.2. The Balaban J connectivity index is 2.91. The summed E-state index contributed by atoms with van der Waals surface area (Å²) >= 11 is 0. The standard InChI is InChI=1S/C20H42OSi/c1-3-5-7-8-9-10-11-12-13-14-15-16-17-19-21-22-20-18-6-4-2/h3-20H2,1-2H3. The summed E-state index contributed by atoms with van der Waals surface area (Å²) in [5, 5.41) is 0. The molecule has 2 radical (unpaired) electrons. The van der Waals surface area contributed by atoms with Crippen molar-refractivity contribution in [1.29, 1.82) is 0 Å². The Hall–Kier alpha value is 0.177. The minimum Gasteiger partial charge on any atom is -0.417 e. The lowest BCUT2D eigenvalue weighted by Crippen LogP contribution is -2.00. The third kappa shape index (κ3) is 20.2. The molecule has 0 aromatic carbocycles. The molecule has 0 aliphatic rings. The Labute approximate surface area is 143 Å². The summed E-state index contributed by atoms with van der Waals surface area (Å²) in [5.41, 5.74) is 0. The maximum atomic E-state index is 5.71. The summed E-state index contributed by atoms with van der Waals surface area (Å²) in [5.74, 6) is 0. The third-order valence-electron chi connectivity index (χ3n) is 4.33. The van der Waals surface area contributed by atoms with Gasteiger partial charge < -0.3 is 4.43 Å². The molecule has 0 amide bonds. The van der Waals surface area contributed by atoms with Gasteiger partial charge in [0.1, 0.15) is 0 Å². The van der Waals surface area contributed by atoms with Gasteiger partial charge in [-0.25, -0.2) is 0 Å². The fourth-order valence-corrected chi connectivity index (χ4v) is 3.61. The van der Waals surface area contributed by atoms with Crippen molar-refractivity contribution in [1.82, 2.24) is 0 Å². The van der Waals surface area contributed by atoms with Crippen LogP contribution in [0.5, 0.6) is 0 Å². The number of hydrogen-bond acceptors (Lipinski definition) is 1. The van der Waals surface area contributed by atoms with Crippen LogP contribution in [0.15, 0.2) is 0 Å². The summed E-state index contributed by atoms with van der Waals surface area (Å²) in [6.45, 7) is 5.56. The van der Waals surface area contributed by atoms with Gasteiger partial charge in [0.05, 0.1) is 0 Å². The van der Waals surface area contributed by atoms with Crippen LogP contribution in [0, 0.1) is 0 Å². The van der Waals surface area contributed by atoms with Crippen LogP contribution in [0.2, 0.25) is 6.04 Å². The summed E-state index contributed by atoms with van der Waals surface area (Å²) in [6, 6.07) is 1.28. The lowest BCUT2D eigenvalue weighted by atomic mass is 10.0. The van der Waals surface area contributed by atoms with Gasteiger partial charge in [0.25, 0.3) is 0 Å². The van der Waals surface area contributed by atoms with Crippen LogP contribution in [-0.2, 0) is 4.43 Å². The van der Waals surface area contributed by atoms with Gasteiger partial charge in [-0.3, -0.25) is 0 Å². The zero-order chi connectivity index (χ0) is 16.1. The smallest absolute Gasteiger partial charge is 0.229 e. The molecule has 0 unspecified atom stereocenters. The molecule has 0 N–H and O–H groups in total. The Kier molecular flexibility index (Phi) is 21.3. The molecule has 1 nitrogen and oxygen atoms in total. The van der Waals surface area contributed by atoms with E-state index in [1.807, 2.05) is 0 Å². The highest BCUT2D eigenvalue weighted by atomic mass is 28.2. The third-order valence-corrected chi connectivity index (χ3v) is 5.30. The molecule has 0 atom stereocenters. The summed E-state index contributed by atoms with van der Waals surface area (Å²) in [7, 11) is 0.753. The minimum atomic E-state index is 0.753. The van der Waals surface area contributed by atoms with E-state index in [9.17, 15) is 0 Å². The van der Waals surface area contributed by atoms with Gasteiger partial charge in [-0.2, -0.15) is 0 Å². The van der Waals surface area contributed by atoms with Gasteiger partial charge in [-0.15, -0.1) is 0 Å². The van der Waals surface area contributed by atoms with Crippen LogP contribution in [0.3, 0.4) is 0 Å². The molecule has 0 aliphatic carbocycles. The summed E-state index contributed by atoms with van der Waals surface area (Å²) in [6.07, 6.45) is 22.6. The second kappa shape index (κ2) is 21.2. The average molecular weight is 327 g/mol. The van der Waals surface area contributed by atoms with Crippen molar-refractivity contribution in [2.75, 3.05) is 6.61 Å². The zero-order valence-corrected chi connectivity index (χ0v) is 16.6. The Bertz CT molecular complexity index is 165. The fraction of sp³-hybridized carbons (Fsp3) is 1.00. The fourth-order valence-electron chi connectivity index (χ4n) is 2.78. The Morgan fingerprint density at radius 2 is 0.909 bits per heavy atom. The van der Waals surface area contributed by atoms with Gasteiger partial charge in [0.15, 0.2) is 0 Å². The molecule has 0 saturated heterocycles. The molecule has 0 rings (SSSR count). The molecule has 0 aromatic rings. The van der Waals surface area contributed by atoms with Gasteiger partial charge in [0, 0.05) is 6.61 Å².